The van der Waals surface area contributed by atoms with Gasteiger partial charge < -0.3 is 20.5 Å². The molecule has 0 saturated carbocycles. The number of ether oxygens (including phenoxy) is 2. The lowest BCUT2D eigenvalue weighted by molar-refractivity contribution is 0.0523. The van der Waals surface area contributed by atoms with Gasteiger partial charge in [-0.25, -0.2) is 4.79 Å². The summed E-state index contributed by atoms with van der Waals surface area (Å²) in [4.78, 5) is 11.8. The van der Waals surface area contributed by atoms with Gasteiger partial charge in [-0.05, 0) is 44.5 Å². The second kappa shape index (κ2) is 7.73. The van der Waals surface area contributed by atoms with Crippen molar-refractivity contribution in [3.8, 4) is 5.75 Å². The van der Waals surface area contributed by atoms with Crippen LogP contribution in [-0.2, 0) is 17.9 Å². The average molecular weight is 328 g/mol. The molecule has 3 N–H and O–H groups in total. The highest BCUT2D eigenvalue weighted by Crippen LogP contribution is 2.22. The molecule has 5 nitrogen and oxygen atoms in total. The van der Waals surface area contributed by atoms with Crippen molar-refractivity contribution in [2.45, 2.75) is 39.5 Å². The van der Waals surface area contributed by atoms with E-state index in [9.17, 15) is 4.79 Å². The van der Waals surface area contributed by atoms with Crippen LogP contribution in [0.1, 0.15) is 31.9 Å². The van der Waals surface area contributed by atoms with Crippen LogP contribution in [0.5, 0.6) is 5.75 Å². The van der Waals surface area contributed by atoms with Crippen LogP contribution >= 0.6 is 0 Å². The van der Waals surface area contributed by atoms with Crippen LogP contribution in [0.4, 0.5) is 10.5 Å². The molecule has 0 fully saturated rings. The minimum absolute atomic E-state index is 0.282. The van der Waals surface area contributed by atoms with Crippen molar-refractivity contribution >= 4 is 11.8 Å². The molecule has 0 unspecified atom stereocenters. The molecule has 0 saturated heterocycles. The Morgan fingerprint density at radius 2 is 1.83 bits per heavy atom. The SMILES string of the molecule is CC(C)(C)OC(=O)NCc1cc(N)ccc1OCc1ccccc1. The maximum absolute atomic E-state index is 11.8. The molecule has 2 aromatic rings. The lowest BCUT2D eigenvalue weighted by Crippen LogP contribution is -2.32. The molecule has 2 rings (SSSR count). The summed E-state index contributed by atoms with van der Waals surface area (Å²) in [6.07, 6.45) is -0.473. The summed E-state index contributed by atoms with van der Waals surface area (Å²) in [5.74, 6) is 0.684. The van der Waals surface area contributed by atoms with E-state index in [-0.39, 0.29) is 6.54 Å². The fraction of sp³-hybridized carbons (Fsp3) is 0.316. The number of amides is 1. The van der Waals surface area contributed by atoms with Gasteiger partial charge in [-0.2, -0.15) is 0 Å². The van der Waals surface area contributed by atoms with E-state index in [1.54, 1.807) is 12.1 Å². The number of benzene rings is 2. The molecule has 0 aliphatic carbocycles. The van der Waals surface area contributed by atoms with E-state index >= 15 is 0 Å². The van der Waals surface area contributed by atoms with E-state index in [0.717, 1.165) is 11.1 Å². The average Bonchev–Trinajstić information content (AvgIpc) is 2.51. The van der Waals surface area contributed by atoms with Gasteiger partial charge in [0.25, 0.3) is 0 Å². The topological polar surface area (TPSA) is 73.6 Å². The molecule has 0 aliphatic heterocycles. The fourth-order valence-corrected chi connectivity index (χ4v) is 2.10. The van der Waals surface area contributed by atoms with Crippen molar-refractivity contribution in [2.24, 2.45) is 0 Å². The molecular formula is C19H24N2O3. The molecular weight excluding hydrogens is 304 g/mol. The molecule has 0 bridgehead atoms. The van der Waals surface area contributed by atoms with E-state index < -0.39 is 11.7 Å². The molecule has 128 valence electrons. The summed E-state index contributed by atoms with van der Waals surface area (Å²) in [7, 11) is 0. The molecule has 5 heteroatoms. The summed E-state index contributed by atoms with van der Waals surface area (Å²) in [6, 6.07) is 15.3. The molecule has 0 aliphatic rings. The highest BCUT2D eigenvalue weighted by atomic mass is 16.6. The quantitative estimate of drug-likeness (QED) is 0.817. The second-order valence-corrected chi connectivity index (χ2v) is 6.50. The standard InChI is InChI=1S/C19H24N2O3/c1-19(2,3)24-18(22)21-12-15-11-16(20)9-10-17(15)23-13-14-7-5-4-6-8-14/h4-11H,12-13,20H2,1-3H3,(H,21,22). The van der Waals surface area contributed by atoms with Crippen molar-refractivity contribution in [1.29, 1.82) is 0 Å². The summed E-state index contributed by atoms with van der Waals surface area (Å²) in [5.41, 5.74) is 7.79. The Labute approximate surface area is 142 Å². The van der Waals surface area contributed by atoms with E-state index in [1.807, 2.05) is 57.2 Å². The molecule has 0 heterocycles. The molecule has 0 spiro atoms. The molecule has 24 heavy (non-hydrogen) atoms. The van der Waals surface area contributed by atoms with E-state index in [0.29, 0.717) is 18.0 Å². The van der Waals surface area contributed by atoms with E-state index in [1.165, 1.54) is 0 Å². The van der Waals surface area contributed by atoms with Crippen molar-refractivity contribution < 1.29 is 14.3 Å². The zero-order valence-corrected chi connectivity index (χ0v) is 14.3. The first kappa shape index (κ1) is 17.7. The Balaban J connectivity index is 2.00. The van der Waals surface area contributed by atoms with Crippen LogP contribution in [0.2, 0.25) is 0 Å². The third-order valence-corrected chi connectivity index (χ3v) is 3.14. The van der Waals surface area contributed by atoms with Gasteiger partial charge in [0.15, 0.2) is 0 Å². The minimum atomic E-state index is -0.535. The first-order valence-corrected chi connectivity index (χ1v) is 7.85. The Hall–Kier alpha value is -2.69. The van der Waals surface area contributed by atoms with Crippen LogP contribution in [0.15, 0.2) is 48.5 Å². The van der Waals surface area contributed by atoms with Gasteiger partial charge in [-0.3, -0.25) is 0 Å². The van der Waals surface area contributed by atoms with Crippen LogP contribution in [0.3, 0.4) is 0 Å². The van der Waals surface area contributed by atoms with Gasteiger partial charge in [0, 0.05) is 17.8 Å². The van der Waals surface area contributed by atoms with Crippen molar-refractivity contribution in [2.75, 3.05) is 5.73 Å². The van der Waals surface area contributed by atoms with Crippen molar-refractivity contribution in [3.05, 3.63) is 59.7 Å². The molecule has 2 aromatic carbocycles. The number of nitrogen functional groups attached to an aromatic ring is 1. The molecule has 1 amide bonds. The lowest BCUT2D eigenvalue weighted by atomic mass is 10.1. The predicted octanol–water partition coefficient (Wildman–Crippen LogP) is 3.87. The maximum atomic E-state index is 11.8. The first-order valence-electron chi connectivity index (χ1n) is 7.85. The Morgan fingerprint density at radius 3 is 2.50 bits per heavy atom. The largest absolute Gasteiger partial charge is 0.489 e. The number of anilines is 1. The minimum Gasteiger partial charge on any atom is -0.489 e. The molecule has 0 atom stereocenters. The van der Waals surface area contributed by atoms with Crippen LogP contribution < -0.4 is 15.8 Å². The first-order chi connectivity index (χ1) is 11.3. The Morgan fingerprint density at radius 1 is 1.12 bits per heavy atom. The Bertz CT molecular complexity index is 679. The van der Waals surface area contributed by atoms with Crippen LogP contribution in [0, 0.1) is 0 Å². The number of hydrogen-bond donors (Lipinski definition) is 2. The van der Waals surface area contributed by atoms with Gasteiger partial charge in [0.2, 0.25) is 0 Å². The summed E-state index contributed by atoms with van der Waals surface area (Å²) in [6.45, 7) is 6.19. The third-order valence-electron chi connectivity index (χ3n) is 3.14. The van der Waals surface area contributed by atoms with Gasteiger partial charge >= 0.3 is 6.09 Å². The zero-order chi connectivity index (χ0) is 17.6. The number of nitrogens with two attached hydrogens (primary N) is 1. The number of carbonyl (C=O) groups excluding carboxylic acids is 1. The zero-order valence-electron chi connectivity index (χ0n) is 14.3. The highest BCUT2D eigenvalue weighted by molar-refractivity contribution is 5.68. The summed E-state index contributed by atoms with van der Waals surface area (Å²) >= 11 is 0. The highest BCUT2D eigenvalue weighted by Gasteiger charge is 2.16. The summed E-state index contributed by atoms with van der Waals surface area (Å²) < 4.78 is 11.1. The second-order valence-electron chi connectivity index (χ2n) is 6.50. The van der Waals surface area contributed by atoms with E-state index in [2.05, 4.69) is 5.32 Å². The number of hydrogen-bond acceptors (Lipinski definition) is 4. The smallest absolute Gasteiger partial charge is 0.407 e. The number of carbonyl (C=O) groups is 1. The van der Waals surface area contributed by atoms with Crippen molar-refractivity contribution in [3.63, 3.8) is 0 Å². The number of rotatable bonds is 5. The maximum Gasteiger partial charge on any atom is 0.407 e. The third kappa shape index (κ3) is 5.83. The van der Waals surface area contributed by atoms with Crippen LogP contribution in [-0.4, -0.2) is 11.7 Å². The summed E-state index contributed by atoms with van der Waals surface area (Å²) in [5, 5.41) is 2.72. The van der Waals surface area contributed by atoms with Crippen LogP contribution in [0.25, 0.3) is 0 Å². The molecule has 0 aromatic heterocycles. The van der Waals surface area contributed by atoms with Gasteiger partial charge in [-0.15, -0.1) is 0 Å². The monoisotopic (exact) mass is 328 g/mol. The van der Waals surface area contributed by atoms with Gasteiger partial charge in [0.1, 0.15) is 18.0 Å². The Kier molecular flexibility index (Phi) is 5.68. The normalized spacial score (nSPS) is 11.0. The van der Waals surface area contributed by atoms with Gasteiger partial charge in [-0.1, -0.05) is 30.3 Å². The van der Waals surface area contributed by atoms with Crippen molar-refractivity contribution in [1.82, 2.24) is 5.32 Å². The van der Waals surface area contributed by atoms with Gasteiger partial charge in [0.05, 0.1) is 0 Å². The number of nitrogens with one attached hydrogen (secondary N) is 1. The number of alkyl carbamates (subject to hydrolysis) is 1. The predicted molar refractivity (Wildman–Crippen MR) is 94.7 cm³/mol. The molecule has 0 radical (unpaired) electrons. The fourth-order valence-electron chi connectivity index (χ4n) is 2.10. The lowest BCUT2D eigenvalue weighted by Gasteiger charge is -2.20. The van der Waals surface area contributed by atoms with E-state index in [4.69, 9.17) is 15.2 Å².